The van der Waals surface area contributed by atoms with Crippen LogP contribution in [0, 0.1) is 5.92 Å². The van der Waals surface area contributed by atoms with E-state index in [1.807, 2.05) is 0 Å². The van der Waals surface area contributed by atoms with Gasteiger partial charge in [-0.05, 0) is 38.3 Å². The summed E-state index contributed by atoms with van der Waals surface area (Å²) in [5.74, 6) is 1.75. The van der Waals surface area contributed by atoms with E-state index in [-0.39, 0.29) is 0 Å². The van der Waals surface area contributed by atoms with Gasteiger partial charge in [-0.2, -0.15) is 0 Å². The molecule has 0 amide bonds. The van der Waals surface area contributed by atoms with Crippen molar-refractivity contribution < 1.29 is 4.74 Å². The maximum Gasteiger partial charge on any atom is 0.184 e. The SMILES string of the molecule is CCC1CN=C(CC2CCCNC2)O1. The molecule has 1 saturated heterocycles. The Hall–Kier alpha value is -0.570. The number of piperidine rings is 1. The lowest BCUT2D eigenvalue weighted by Crippen LogP contribution is -2.31. The molecule has 0 aromatic carbocycles. The van der Waals surface area contributed by atoms with E-state index in [0.717, 1.165) is 37.7 Å². The molecule has 0 bridgehead atoms. The summed E-state index contributed by atoms with van der Waals surface area (Å²) in [6.07, 6.45) is 5.11. The molecule has 1 fully saturated rings. The Morgan fingerprint density at radius 2 is 2.50 bits per heavy atom. The lowest BCUT2D eigenvalue weighted by molar-refractivity contribution is 0.208. The fourth-order valence-electron chi connectivity index (χ4n) is 2.14. The molecule has 0 aromatic heterocycles. The molecule has 2 unspecified atom stereocenters. The van der Waals surface area contributed by atoms with Crippen LogP contribution in [0.25, 0.3) is 0 Å². The first-order valence-corrected chi connectivity index (χ1v) is 5.79. The molecule has 14 heavy (non-hydrogen) atoms. The summed E-state index contributed by atoms with van der Waals surface area (Å²) in [6.45, 7) is 5.36. The summed E-state index contributed by atoms with van der Waals surface area (Å²) >= 11 is 0. The van der Waals surface area contributed by atoms with Gasteiger partial charge in [0.05, 0.1) is 6.54 Å². The average molecular weight is 196 g/mol. The molecule has 0 aromatic rings. The molecule has 2 rings (SSSR count). The number of ether oxygens (including phenoxy) is 1. The molecule has 3 nitrogen and oxygen atoms in total. The van der Waals surface area contributed by atoms with Crippen LogP contribution in [0.15, 0.2) is 4.99 Å². The predicted octanol–water partition coefficient (Wildman–Crippen LogP) is 1.58. The summed E-state index contributed by atoms with van der Waals surface area (Å²) < 4.78 is 5.74. The minimum absolute atomic E-state index is 0.363. The van der Waals surface area contributed by atoms with Crippen molar-refractivity contribution >= 4 is 5.90 Å². The van der Waals surface area contributed by atoms with Crippen molar-refractivity contribution in [3.63, 3.8) is 0 Å². The Balaban J connectivity index is 1.75. The largest absolute Gasteiger partial charge is 0.476 e. The predicted molar refractivity (Wildman–Crippen MR) is 57.7 cm³/mol. The molecule has 80 valence electrons. The monoisotopic (exact) mass is 196 g/mol. The van der Waals surface area contributed by atoms with Gasteiger partial charge < -0.3 is 10.1 Å². The third-order valence-electron chi connectivity index (χ3n) is 3.09. The van der Waals surface area contributed by atoms with Crippen LogP contribution >= 0.6 is 0 Å². The van der Waals surface area contributed by atoms with Gasteiger partial charge in [0, 0.05) is 6.42 Å². The maximum absolute atomic E-state index is 5.74. The van der Waals surface area contributed by atoms with Crippen LogP contribution in [0.3, 0.4) is 0 Å². The van der Waals surface area contributed by atoms with Crippen molar-refractivity contribution in [2.24, 2.45) is 10.9 Å². The molecule has 0 radical (unpaired) electrons. The number of hydrogen-bond acceptors (Lipinski definition) is 3. The van der Waals surface area contributed by atoms with Gasteiger partial charge >= 0.3 is 0 Å². The normalized spacial score (nSPS) is 32.5. The quantitative estimate of drug-likeness (QED) is 0.743. The molecule has 2 heterocycles. The van der Waals surface area contributed by atoms with Gasteiger partial charge in [0.15, 0.2) is 5.90 Å². The highest BCUT2D eigenvalue weighted by Crippen LogP contribution is 2.19. The van der Waals surface area contributed by atoms with Gasteiger partial charge in [-0.25, -0.2) is 0 Å². The van der Waals surface area contributed by atoms with Gasteiger partial charge in [-0.15, -0.1) is 0 Å². The zero-order chi connectivity index (χ0) is 9.80. The molecular weight excluding hydrogens is 176 g/mol. The van der Waals surface area contributed by atoms with E-state index in [1.165, 1.54) is 19.4 Å². The van der Waals surface area contributed by atoms with Crippen molar-refractivity contribution in [3.8, 4) is 0 Å². The van der Waals surface area contributed by atoms with Crippen molar-refractivity contribution in [2.45, 2.75) is 38.7 Å². The fraction of sp³-hybridized carbons (Fsp3) is 0.909. The van der Waals surface area contributed by atoms with E-state index >= 15 is 0 Å². The number of rotatable bonds is 3. The van der Waals surface area contributed by atoms with E-state index in [0.29, 0.717) is 6.10 Å². The van der Waals surface area contributed by atoms with Gasteiger partial charge in [0.1, 0.15) is 6.10 Å². The number of aliphatic imine (C=N–C) groups is 1. The molecular formula is C11H20N2O. The molecule has 2 aliphatic heterocycles. The van der Waals surface area contributed by atoms with Gasteiger partial charge in [-0.3, -0.25) is 4.99 Å². The summed E-state index contributed by atoms with van der Waals surface area (Å²) in [4.78, 5) is 4.45. The summed E-state index contributed by atoms with van der Waals surface area (Å²) in [5, 5.41) is 3.42. The first-order chi connectivity index (χ1) is 6.88. The molecule has 2 atom stereocenters. The maximum atomic E-state index is 5.74. The van der Waals surface area contributed by atoms with Crippen molar-refractivity contribution in [1.29, 1.82) is 0 Å². The second-order valence-corrected chi connectivity index (χ2v) is 4.30. The highest BCUT2D eigenvalue weighted by Gasteiger charge is 2.22. The van der Waals surface area contributed by atoms with Gasteiger partial charge in [0.25, 0.3) is 0 Å². The second-order valence-electron chi connectivity index (χ2n) is 4.30. The number of nitrogens with one attached hydrogen (secondary N) is 1. The first-order valence-electron chi connectivity index (χ1n) is 5.79. The Kier molecular flexibility index (Phi) is 3.40. The van der Waals surface area contributed by atoms with E-state index in [1.54, 1.807) is 0 Å². The molecule has 0 spiro atoms. The first kappa shape index (κ1) is 9.97. The zero-order valence-corrected chi connectivity index (χ0v) is 8.96. The lowest BCUT2D eigenvalue weighted by Gasteiger charge is -2.22. The second kappa shape index (κ2) is 4.78. The Morgan fingerprint density at radius 3 is 3.14 bits per heavy atom. The Morgan fingerprint density at radius 1 is 1.57 bits per heavy atom. The minimum Gasteiger partial charge on any atom is -0.476 e. The van der Waals surface area contributed by atoms with Crippen LogP contribution in [-0.4, -0.2) is 31.6 Å². The Labute approximate surface area is 85.9 Å². The molecule has 2 aliphatic rings. The van der Waals surface area contributed by atoms with E-state index < -0.39 is 0 Å². The third kappa shape index (κ3) is 2.47. The van der Waals surface area contributed by atoms with Gasteiger partial charge in [-0.1, -0.05) is 6.92 Å². The zero-order valence-electron chi connectivity index (χ0n) is 8.96. The van der Waals surface area contributed by atoms with Crippen LogP contribution in [0.2, 0.25) is 0 Å². The summed E-state index contributed by atoms with van der Waals surface area (Å²) in [6, 6.07) is 0. The minimum atomic E-state index is 0.363. The molecule has 1 N–H and O–H groups in total. The van der Waals surface area contributed by atoms with Crippen LogP contribution in [0.4, 0.5) is 0 Å². The highest BCUT2D eigenvalue weighted by atomic mass is 16.5. The number of nitrogens with zero attached hydrogens (tertiary/aromatic N) is 1. The smallest absolute Gasteiger partial charge is 0.184 e. The van der Waals surface area contributed by atoms with E-state index in [2.05, 4.69) is 17.2 Å². The van der Waals surface area contributed by atoms with Crippen LogP contribution in [0.1, 0.15) is 32.6 Å². The van der Waals surface area contributed by atoms with E-state index in [9.17, 15) is 0 Å². The van der Waals surface area contributed by atoms with Gasteiger partial charge in [0.2, 0.25) is 0 Å². The summed E-state index contributed by atoms with van der Waals surface area (Å²) in [5.41, 5.74) is 0. The third-order valence-corrected chi connectivity index (χ3v) is 3.09. The molecule has 0 saturated carbocycles. The lowest BCUT2D eigenvalue weighted by atomic mass is 9.96. The Bertz CT molecular complexity index is 209. The number of hydrogen-bond donors (Lipinski definition) is 1. The van der Waals surface area contributed by atoms with Crippen molar-refractivity contribution in [3.05, 3.63) is 0 Å². The highest BCUT2D eigenvalue weighted by molar-refractivity contribution is 5.77. The van der Waals surface area contributed by atoms with Crippen LogP contribution < -0.4 is 5.32 Å². The van der Waals surface area contributed by atoms with Crippen LogP contribution in [-0.2, 0) is 4.74 Å². The topological polar surface area (TPSA) is 33.6 Å². The average Bonchev–Trinajstić information content (AvgIpc) is 2.67. The standard InChI is InChI=1S/C11H20N2O/c1-2-10-8-13-11(14-10)6-9-4-3-5-12-7-9/h9-10,12H,2-8H2,1H3. The molecule has 0 aliphatic carbocycles. The van der Waals surface area contributed by atoms with Crippen LogP contribution in [0.5, 0.6) is 0 Å². The van der Waals surface area contributed by atoms with E-state index in [4.69, 9.17) is 4.74 Å². The van der Waals surface area contributed by atoms with Crippen molar-refractivity contribution in [1.82, 2.24) is 5.32 Å². The summed E-state index contributed by atoms with van der Waals surface area (Å²) in [7, 11) is 0. The molecule has 3 heteroatoms. The van der Waals surface area contributed by atoms with Crippen molar-refractivity contribution in [2.75, 3.05) is 19.6 Å². The fourth-order valence-corrected chi connectivity index (χ4v) is 2.14.